The molecule has 6 nitrogen and oxygen atoms in total. The van der Waals surface area contributed by atoms with E-state index in [1.165, 1.54) is 4.90 Å². The number of rotatable bonds is 6. The zero-order valence-corrected chi connectivity index (χ0v) is 20.7. The predicted octanol–water partition coefficient (Wildman–Crippen LogP) is 6.54. The lowest BCUT2D eigenvalue weighted by Gasteiger charge is -2.26. The first-order chi connectivity index (χ1) is 17.4. The van der Waals surface area contributed by atoms with Crippen molar-refractivity contribution in [1.82, 2.24) is 4.98 Å². The molecule has 0 aliphatic carbocycles. The molecule has 1 amide bonds. The SMILES string of the molecule is CCCOc1cccc(/C(O)=C2\C(=O)C(=O)N(c3cccc(Cl)c3)C2c2c(C)[nH]c3ccccc23)c1. The number of hydrogen-bond acceptors (Lipinski definition) is 4. The first-order valence-electron chi connectivity index (χ1n) is 11.8. The lowest BCUT2D eigenvalue weighted by Crippen LogP contribution is -2.29. The Labute approximate surface area is 213 Å². The topological polar surface area (TPSA) is 82.6 Å². The summed E-state index contributed by atoms with van der Waals surface area (Å²) >= 11 is 6.26. The fourth-order valence-corrected chi connectivity index (χ4v) is 4.94. The van der Waals surface area contributed by atoms with Crippen molar-refractivity contribution in [3.63, 3.8) is 0 Å². The number of carbonyl (C=O) groups is 2. The van der Waals surface area contributed by atoms with E-state index in [1.54, 1.807) is 48.5 Å². The van der Waals surface area contributed by atoms with Crippen molar-refractivity contribution in [2.45, 2.75) is 26.3 Å². The van der Waals surface area contributed by atoms with Crippen LogP contribution in [0.2, 0.25) is 5.02 Å². The average Bonchev–Trinajstić information content (AvgIpc) is 3.34. The Balaban J connectivity index is 1.76. The number of aliphatic hydroxyl groups is 1. The summed E-state index contributed by atoms with van der Waals surface area (Å²) in [5.41, 5.74) is 3.29. The van der Waals surface area contributed by atoms with Gasteiger partial charge in [-0.25, -0.2) is 0 Å². The molecule has 7 heteroatoms. The maximum Gasteiger partial charge on any atom is 0.300 e. The molecule has 3 aromatic carbocycles. The molecule has 5 rings (SSSR count). The van der Waals surface area contributed by atoms with E-state index in [1.807, 2.05) is 38.1 Å². The minimum Gasteiger partial charge on any atom is -0.507 e. The van der Waals surface area contributed by atoms with Gasteiger partial charge in [-0.2, -0.15) is 0 Å². The summed E-state index contributed by atoms with van der Waals surface area (Å²) in [5.74, 6) is -1.17. The molecule has 1 aliphatic rings. The number of aromatic amines is 1. The highest BCUT2D eigenvalue weighted by Crippen LogP contribution is 2.45. The van der Waals surface area contributed by atoms with Crippen molar-refractivity contribution >= 4 is 45.6 Å². The first-order valence-corrected chi connectivity index (χ1v) is 12.2. The molecule has 0 saturated carbocycles. The molecule has 0 spiro atoms. The van der Waals surface area contributed by atoms with E-state index in [0.29, 0.717) is 28.6 Å². The molecule has 1 atom stereocenters. The average molecular weight is 501 g/mol. The number of carbonyl (C=O) groups excluding carboxylic acids is 2. The van der Waals surface area contributed by atoms with Crippen LogP contribution in [0.1, 0.15) is 36.2 Å². The Morgan fingerprint density at radius 1 is 1.06 bits per heavy atom. The van der Waals surface area contributed by atoms with Gasteiger partial charge in [0.15, 0.2) is 0 Å². The van der Waals surface area contributed by atoms with Gasteiger partial charge in [-0.3, -0.25) is 14.5 Å². The summed E-state index contributed by atoms with van der Waals surface area (Å²) < 4.78 is 5.72. The van der Waals surface area contributed by atoms with E-state index >= 15 is 0 Å². The second-order valence-corrected chi connectivity index (χ2v) is 9.17. The van der Waals surface area contributed by atoms with Crippen LogP contribution in [-0.2, 0) is 9.59 Å². The highest BCUT2D eigenvalue weighted by atomic mass is 35.5. The van der Waals surface area contributed by atoms with E-state index in [-0.39, 0.29) is 11.3 Å². The van der Waals surface area contributed by atoms with E-state index in [0.717, 1.165) is 28.6 Å². The predicted molar refractivity (Wildman–Crippen MR) is 141 cm³/mol. The van der Waals surface area contributed by atoms with Gasteiger partial charge < -0.3 is 14.8 Å². The number of aromatic nitrogens is 1. The van der Waals surface area contributed by atoms with Gasteiger partial charge in [-0.05, 0) is 49.7 Å². The normalized spacial score (nSPS) is 17.2. The molecule has 0 radical (unpaired) electrons. The van der Waals surface area contributed by atoms with E-state index in [9.17, 15) is 14.7 Å². The Hall–Kier alpha value is -4.03. The van der Waals surface area contributed by atoms with Gasteiger partial charge in [-0.15, -0.1) is 0 Å². The maximum absolute atomic E-state index is 13.5. The number of H-pyrrole nitrogens is 1. The standard InChI is InChI=1S/C29H25ClN2O4/c1-3-14-36-21-11-6-8-18(15-21)27(33)25-26(24-17(2)31-23-13-5-4-12-22(23)24)32(29(35)28(25)34)20-10-7-9-19(30)16-20/h4-13,15-16,26,31,33H,3,14H2,1-2H3/b27-25+. The van der Waals surface area contributed by atoms with Gasteiger partial charge in [0.05, 0.1) is 18.2 Å². The van der Waals surface area contributed by atoms with Crippen molar-refractivity contribution in [2.75, 3.05) is 11.5 Å². The minimum atomic E-state index is -0.861. The van der Waals surface area contributed by atoms with Crippen molar-refractivity contribution in [3.05, 3.63) is 100 Å². The molecule has 1 saturated heterocycles. The summed E-state index contributed by atoms with van der Waals surface area (Å²) in [6, 6.07) is 20.5. The number of Topliss-reactive ketones (excluding diaryl/α,β-unsaturated/α-hetero) is 1. The highest BCUT2D eigenvalue weighted by molar-refractivity contribution is 6.52. The number of halogens is 1. The number of benzene rings is 3. The summed E-state index contributed by atoms with van der Waals surface area (Å²) in [6.45, 7) is 4.43. The third-order valence-corrected chi connectivity index (χ3v) is 6.56. The van der Waals surface area contributed by atoms with Gasteiger partial charge >= 0.3 is 0 Å². The molecule has 1 aliphatic heterocycles. The number of aliphatic hydroxyl groups excluding tert-OH is 1. The van der Waals surface area contributed by atoms with Crippen molar-refractivity contribution < 1.29 is 19.4 Å². The molecular formula is C29H25ClN2O4. The molecular weight excluding hydrogens is 476 g/mol. The number of nitrogens with one attached hydrogen (secondary N) is 1. The lowest BCUT2D eigenvalue weighted by molar-refractivity contribution is -0.132. The number of anilines is 1. The van der Waals surface area contributed by atoms with Crippen LogP contribution in [0.3, 0.4) is 0 Å². The van der Waals surface area contributed by atoms with Crippen LogP contribution in [0.15, 0.2) is 78.4 Å². The van der Waals surface area contributed by atoms with Crippen LogP contribution in [0.5, 0.6) is 5.75 Å². The summed E-state index contributed by atoms with van der Waals surface area (Å²) in [5, 5.41) is 12.8. The molecule has 2 heterocycles. The Morgan fingerprint density at radius 2 is 1.83 bits per heavy atom. The zero-order valence-electron chi connectivity index (χ0n) is 19.9. The third-order valence-electron chi connectivity index (χ3n) is 6.33. The van der Waals surface area contributed by atoms with E-state index in [4.69, 9.17) is 16.3 Å². The first kappa shape index (κ1) is 23.7. The van der Waals surface area contributed by atoms with Gasteiger partial charge in [-0.1, -0.05) is 54.9 Å². The van der Waals surface area contributed by atoms with Gasteiger partial charge in [0, 0.05) is 38.4 Å². The molecule has 1 fully saturated rings. The Kier molecular flexibility index (Phi) is 6.29. The molecule has 2 N–H and O–H groups in total. The third kappa shape index (κ3) is 4.03. The van der Waals surface area contributed by atoms with E-state index in [2.05, 4.69) is 4.98 Å². The maximum atomic E-state index is 13.5. The number of nitrogens with zero attached hydrogens (tertiary/aromatic N) is 1. The summed E-state index contributed by atoms with van der Waals surface area (Å²) in [6.07, 6.45) is 0.834. The Morgan fingerprint density at radius 3 is 2.61 bits per heavy atom. The zero-order chi connectivity index (χ0) is 25.4. The van der Waals surface area contributed by atoms with Crippen LogP contribution >= 0.6 is 11.6 Å². The number of ketones is 1. The molecule has 36 heavy (non-hydrogen) atoms. The largest absolute Gasteiger partial charge is 0.507 e. The second-order valence-electron chi connectivity index (χ2n) is 8.73. The molecule has 4 aromatic rings. The van der Waals surface area contributed by atoms with Gasteiger partial charge in [0.2, 0.25) is 0 Å². The number of amides is 1. The number of fused-ring (bicyclic) bond motifs is 1. The van der Waals surface area contributed by atoms with Crippen LogP contribution in [0, 0.1) is 6.92 Å². The van der Waals surface area contributed by atoms with Crippen molar-refractivity contribution in [3.8, 4) is 5.75 Å². The number of hydrogen-bond donors (Lipinski definition) is 2. The van der Waals surface area contributed by atoms with Crippen LogP contribution in [0.25, 0.3) is 16.7 Å². The van der Waals surface area contributed by atoms with Crippen molar-refractivity contribution in [1.29, 1.82) is 0 Å². The lowest BCUT2D eigenvalue weighted by atomic mass is 9.93. The second kappa shape index (κ2) is 9.55. The monoisotopic (exact) mass is 500 g/mol. The molecule has 1 aromatic heterocycles. The van der Waals surface area contributed by atoms with Crippen molar-refractivity contribution in [2.24, 2.45) is 0 Å². The minimum absolute atomic E-state index is 0.0143. The fraction of sp³-hybridized carbons (Fsp3) is 0.172. The molecule has 0 bridgehead atoms. The van der Waals surface area contributed by atoms with Crippen LogP contribution in [-0.4, -0.2) is 28.4 Å². The molecule has 1 unspecified atom stereocenters. The number of aryl methyl sites for hydroxylation is 1. The quantitative estimate of drug-likeness (QED) is 0.179. The van der Waals surface area contributed by atoms with Crippen LogP contribution in [0.4, 0.5) is 5.69 Å². The van der Waals surface area contributed by atoms with E-state index < -0.39 is 17.7 Å². The number of para-hydroxylation sites is 1. The number of ether oxygens (including phenoxy) is 1. The summed E-state index contributed by atoms with van der Waals surface area (Å²) in [7, 11) is 0. The van der Waals surface area contributed by atoms with Gasteiger partial charge in [0.25, 0.3) is 11.7 Å². The smallest absolute Gasteiger partial charge is 0.300 e. The van der Waals surface area contributed by atoms with Crippen LogP contribution < -0.4 is 9.64 Å². The highest BCUT2D eigenvalue weighted by Gasteiger charge is 2.48. The van der Waals surface area contributed by atoms with Gasteiger partial charge in [0.1, 0.15) is 11.5 Å². The fourth-order valence-electron chi connectivity index (χ4n) is 4.76. The molecule has 182 valence electrons. The Bertz CT molecular complexity index is 1520. The summed E-state index contributed by atoms with van der Waals surface area (Å²) in [4.78, 5) is 31.8.